The van der Waals surface area contributed by atoms with Gasteiger partial charge in [-0.25, -0.2) is 4.79 Å². The molecule has 110 valence electrons. The van der Waals surface area contributed by atoms with E-state index in [0.29, 0.717) is 5.69 Å². The van der Waals surface area contributed by atoms with Crippen LogP contribution in [0, 0.1) is 6.92 Å². The van der Waals surface area contributed by atoms with Crippen LogP contribution in [0.2, 0.25) is 0 Å². The predicted molar refractivity (Wildman–Crippen MR) is 86.2 cm³/mol. The highest BCUT2D eigenvalue weighted by Crippen LogP contribution is 2.23. The molecule has 0 spiro atoms. The molecule has 0 aliphatic rings. The number of nitrogens with zero attached hydrogens (tertiary/aromatic N) is 2. The molecule has 0 aliphatic carbocycles. The summed E-state index contributed by atoms with van der Waals surface area (Å²) in [5.41, 5.74) is 2.62. The summed E-state index contributed by atoms with van der Waals surface area (Å²) in [5.74, 6) is 0. The highest BCUT2D eigenvalue weighted by atomic mass is 79.9. The maximum atomic E-state index is 12.0. The SMILES string of the molecule is Cc1nccc(NC(=O)NC(C)Cc2cccnc2)c1Br. The number of aryl methyl sites for hydroxylation is 1. The van der Waals surface area contributed by atoms with Crippen LogP contribution in [0.25, 0.3) is 0 Å². The van der Waals surface area contributed by atoms with Crippen LogP contribution in [0.5, 0.6) is 0 Å². The van der Waals surface area contributed by atoms with E-state index in [-0.39, 0.29) is 12.1 Å². The van der Waals surface area contributed by atoms with E-state index in [1.807, 2.05) is 26.0 Å². The van der Waals surface area contributed by atoms with Gasteiger partial charge in [-0.05, 0) is 53.9 Å². The third-order valence-electron chi connectivity index (χ3n) is 2.95. The van der Waals surface area contributed by atoms with Crippen LogP contribution < -0.4 is 10.6 Å². The second-order valence-corrected chi connectivity index (χ2v) is 5.62. The van der Waals surface area contributed by atoms with E-state index < -0.39 is 0 Å². The van der Waals surface area contributed by atoms with Gasteiger partial charge in [0, 0.05) is 24.6 Å². The van der Waals surface area contributed by atoms with Crippen molar-refractivity contribution in [3.8, 4) is 0 Å². The summed E-state index contributed by atoms with van der Waals surface area (Å²) in [6.07, 6.45) is 5.93. The lowest BCUT2D eigenvalue weighted by molar-refractivity contribution is 0.249. The summed E-state index contributed by atoms with van der Waals surface area (Å²) < 4.78 is 0.792. The van der Waals surface area contributed by atoms with E-state index in [2.05, 4.69) is 36.5 Å². The van der Waals surface area contributed by atoms with E-state index in [0.717, 1.165) is 22.2 Å². The van der Waals surface area contributed by atoms with Crippen molar-refractivity contribution in [1.82, 2.24) is 15.3 Å². The Morgan fingerprint density at radius 2 is 2.19 bits per heavy atom. The first-order valence-electron chi connectivity index (χ1n) is 6.64. The lowest BCUT2D eigenvalue weighted by atomic mass is 10.1. The molecule has 2 amide bonds. The minimum absolute atomic E-state index is 0.0101. The second kappa shape index (κ2) is 7.17. The molecule has 2 aromatic heterocycles. The third-order valence-corrected chi connectivity index (χ3v) is 3.95. The molecule has 6 heteroatoms. The molecule has 0 aromatic carbocycles. The van der Waals surface area contributed by atoms with Gasteiger partial charge in [-0.15, -0.1) is 0 Å². The fourth-order valence-corrected chi connectivity index (χ4v) is 2.28. The number of hydrogen-bond acceptors (Lipinski definition) is 3. The minimum atomic E-state index is -0.238. The molecule has 5 nitrogen and oxygen atoms in total. The van der Waals surface area contributed by atoms with Crippen molar-refractivity contribution in [3.05, 3.63) is 52.5 Å². The van der Waals surface area contributed by atoms with E-state index >= 15 is 0 Å². The molecule has 0 radical (unpaired) electrons. The number of aromatic nitrogens is 2. The number of halogens is 1. The molecule has 2 aromatic rings. The maximum Gasteiger partial charge on any atom is 0.319 e. The summed E-state index contributed by atoms with van der Waals surface area (Å²) in [5, 5.41) is 5.72. The number of pyridine rings is 2. The molecular formula is C15H17BrN4O. The number of rotatable bonds is 4. The normalized spacial score (nSPS) is 11.8. The Bertz CT molecular complexity index is 618. The Hall–Kier alpha value is -1.95. The van der Waals surface area contributed by atoms with Crippen molar-refractivity contribution in [3.63, 3.8) is 0 Å². The van der Waals surface area contributed by atoms with Crippen LogP contribution in [0.4, 0.5) is 10.5 Å². The molecule has 0 fully saturated rings. The monoisotopic (exact) mass is 348 g/mol. The van der Waals surface area contributed by atoms with E-state index in [9.17, 15) is 4.79 Å². The first-order chi connectivity index (χ1) is 10.1. The Morgan fingerprint density at radius 3 is 2.90 bits per heavy atom. The van der Waals surface area contributed by atoms with Gasteiger partial charge in [0.1, 0.15) is 0 Å². The summed E-state index contributed by atoms with van der Waals surface area (Å²) in [6.45, 7) is 3.83. The zero-order chi connectivity index (χ0) is 15.2. The van der Waals surface area contributed by atoms with Gasteiger partial charge in [0.25, 0.3) is 0 Å². The minimum Gasteiger partial charge on any atom is -0.335 e. The quantitative estimate of drug-likeness (QED) is 0.890. The molecule has 0 saturated carbocycles. The van der Waals surface area contributed by atoms with Crippen LogP contribution in [0.3, 0.4) is 0 Å². The first-order valence-corrected chi connectivity index (χ1v) is 7.43. The lowest BCUT2D eigenvalue weighted by Gasteiger charge is -2.15. The fourth-order valence-electron chi connectivity index (χ4n) is 1.95. The number of carbonyl (C=O) groups is 1. The third kappa shape index (κ3) is 4.53. The van der Waals surface area contributed by atoms with E-state index in [1.54, 1.807) is 24.7 Å². The molecule has 0 saturated heterocycles. The molecule has 2 heterocycles. The smallest absolute Gasteiger partial charge is 0.319 e. The Kier molecular flexibility index (Phi) is 5.27. The zero-order valence-electron chi connectivity index (χ0n) is 11.9. The maximum absolute atomic E-state index is 12.0. The van der Waals surface area contributed by atoms with E-state index in [4.69, 9.17) is 0 Å². The summed E-state index contributed by atoms with van der Waals surface area (Å²) >= 11 is 3.42. The fraction of sp³-hybridized carbons (Fsp3) is 0.267. The molecule has 1 atom stereocenters. The number of anilines is 1. The number of amides is 2. The van der Waals surface area contributed by atoms with Crippen molar-refractivity contribution in [2.24, 2.45) is 0 Å². The highest BCUT2D eigenvalue weighted by molar-refractivity contribution is 9.10. The van der Waals surface area contributed by atoms with Gasteiger partial charge in [-0.1, -0.05) is 6.07 Å². The number of carbonyl (C=O) groups excluding carboxylic acids is 1. The van der Waals surface area contributed by atoms with Crippen LogP contribution in [-0.2, 0) is 6.42 Å². The largest absolute Gasteiger partial charge is 0.335 e. The molecule has 21 heavy (non-hydrogen) atoms. The standard InChI is InChI=1S/C15H17BrN4O/c1-10(8-12-4-3-6-17-9-12)19-15(21)20-13-5-7-18-11(2)14(13)16/h3-7,9-10H,8H2,1-2H3,(H2,18,19,20,21). The molecule has 2 N–H and O–H groups in total. The molecule has 0 aliphatic heterocycles. The summed E-state index contributed by atoms with van der Waals surface area (Å²) in [6, 6.07) is 5.40. The first kappa shape index (κ1) is 15.4. The molecular weight excluding hydrogens is 332 g/mol. The average molecular weight is 349 g/mol. The van der Waals surface area contributed by atoms with Crippen molar-refractivity contribution < 1.29 is 4.79 Å². The predicted octanol–water partition coefficient (Wildman–Crippen LogP) is 3.30. The van der Waals surface area contributed by atoms with Crippen LogP contribution >= 0.6 is 15.9 Å². The van der Waals surface area contributed by atoms with Crippen molar-refractivity contribution in [2.75, 3.05) is 5.32 Å². The molecule has 2 rings (SSSR count). The van der Waals surface area contributed by atoms with Gasteiger partial charge in [0.15, 0.2) is 0 Å². The Morgan fingerprint density at radius 1 is 1.38 bits per heavy atom. The van der Waals surface area contributed by atoms with Crippen LogP contribution in [-0.4, -0.2) is 22.0 Å². The van der Waals surface area contributed by atoms with Crippen LogP contribution in [0.15, 0.2) is 41.3 Å². The number of nitrogens with one attached hydrogen (secondary N) is 2. The highest BCUT2D eigenvalue weighted by Gasteiger charge is 2.10. The number of hydrogen-bond donors (Lipinski definition) is 2. The summed E-state index contributed by atoms with van der Waals surface area (Å²) in [4.78, 5) is 20.2. The topological polar surface area (TPSA) is 66.9 Å². The summed E-state index contributed by atoms with van der Waals surface area (Å²) in [7, 11) is 0. The molecule has 1 unspecified atom stereocenters. The van der Waals surface area contributed by atoms with Gasteiger partial charge >= 0.3 is 6.03 Å². The number of urea groups is 1. The van der Waals surface area contributed by atoms with Crippen molar-refractivity contribution in [1.29, 1.82) is 0 Å². The van der Waals surface area contributed by atoms with Gasteiger partial charge in [-0.2, -0.15) is 0 Å². The Labute approximate surface area is 132 Å². The van der Waals surface area contributed by atoms with Gasteiger partial charge in [0.05, 0.1) is 15.9 Å². The van der Waals surface area contributed by atoms with Gasteiger partial charge in [-0.3, -0.25) is 9.97 Å². The average Bonchev–Trinajstić information content (AvgIpc) is 2.44. The lowest BCUT2D eigenvalue weighted by Crippen LogP contribution is -2.37. The van der Waals surface area contributed by atoms with E-state index in [1.165, 1.54) is 0 Å². The molecule has 0 bridgehead atoms. The Balaban J connectivity index is 1.91. The second-order valence-electron chi connectivity index (χ2n) is 4.82. The van der Waals surface area contributed by atoms with Crippen molar-refractivity contribution >= 4 is 27.6 Å². The van der Waals surface area contributed by atoms with Gasteiger partial charge in [0.2, 0.25) is 0 Å². The van der Waals surface area contributed by atoms with Crippen molar-refractivity contribution in [2.45, 2.75) is 26.3 Å². The van der Waals surface area contributed by atoms with Gasteiger partial charge < -0.3 is 10.6 Å². The zero-order valence-corrected chi connectivity index (χ0v) is 13.5. The van der Waals surface area contributed by atoms with Crippen LogP contribution in [0.1, 0.15) is 18.2 Å².